The Morgan fingerprint density at radius 2 is 2.25 bits per heavy atom. The van der Waals surface area contributed by atoms with Gasteiger partial charge in [0.1, 0.15) is 0 Å². The maximum absolute atomic E-state index is 11.7. The molecule has 1 amide bonds. The average molecular weight is 275 g/mol. The molecule has 0 fully saturated rings. The lowest BCUT2D eigenvalue weighted by Gasteiger charge is -2.19. The van der Waals surface area contributed by atoms with E-state index >= 15 is 0 Å². The van der Waals surface area contributed by atoms with Gasteiger partial charge in [-0.15, -0.1) is 0 Å². The molecular weight excluding hydrogens is 250 g/mol. The molecule has 1 aromatic carbocycles. The number of hydrogen-bond acceptors (Lipinski definition) is 3. The zero-order valence-electron chi connectivity index (χ0n) is 12.3. The molecule has 1 atom stereocenters. The molecule has 2 rings (SSSR count). The number of anilines is 1. The second kappa shape index (κ2) is 7.29. The minimum absolute atomic E-state index is 0.0197. The molecule has 1 heterocycles. The summed E-state index contributed by atoms with van der Waals surface area (Å²) in [6, 6.07) is 8.20. The second-order valence-corrected chi connectivity index (χ2v) is 5.41. The first-order chi connectivity index (χ1) is 9.72. The van der Waals surface area contributed by atoms with E-state index in [1.54, 1.807) is 0 Å². The number of rotatable bonds is 7. The first-order valence-corrected chi connectivity index (χ1v) is 7.58. The fraction of sp³-hybridized carbons (Fsp3) is 0.562. The molecular formula is C16H25N3O. The zero-order valence-corrected chi connectivity index (χ0v) is 12.3. The molecule has 0 saturated carbocycles. The van der Waals surface area contributed by atoms with Crippen LogP contribution in [0.25, 0.3) is 0 Å². The third kappa shape index (κ3) is 3.73. The van der Waals surface area contributed by atoms with Gasteiger partial charge in [0.15, 0.2) is 0 Å². The highest BCUT2D eigenvalue weighted by Crippen LogP contribution is 2.27. The highest BCUT2D eigenvalue weighted by molar-refractivity contribution is 5.81. The monoisotopic (exact) mass is 275 g/mol. The van der Waals surface area contributed by atoms with Crippen molar-refractivity contribution in [2.75, 3.05) is 24.5 Å². The summed E-state index contributed by atoms with van der Waals surface area (Å²) in [6.45, 7) is 4.82. The molecule has 1 aromatic rings. The molecule has 0 aliphatic carbocycles. The van der Waals surface area contributed by atoms with Crippen LogP contribution >= 0.6 is 0 Å². The quantitative estimate of drug-likeness (QED) is 0.744. The molecule has 20 heavy (non-hydrogen) atoms. The van der Waals surface area contributed by atoms with Gasteiger partial charge in [0.05, 0.1) is 6.04 Å². The minimum atomic E-state index is -0.354. The minimum Gasteiger partial charge on any atom is -0.371 e. The highest BCUT2D eigenvalue weighted by Gasteiger charge is 2.17. The van der Waals surface area contributed by atoms with Crippen LogP contribution in [0.2, 0.25) is 0 Å². The van der Waals surface area contributed by atoms with Crippen LogP contribution in [-0.2, 0) is 11.2 Å². The van der Waals surface area contributed by atoms with Gasteiger partial charge in [-0.2, -0.15) is 0 Å². The second-order valence-electron chi connectivity index (χ2n) is 5.41. The Morgan fingerprint density at radius 3 is 3.05 bits per heavy atom. The normalized spacial score (nSPS) is 15.0. The molecule has 1 aliphatic rings. The molecule has 0 saturated heterocycles. The summed E-state index contributed by atoms with van der Waals surface area (Å²) in [6.07, 6.45) is 3.79. The predicted octanol–water partition coefficient (Wildman–Crippen LogP) is 1.68. The third-order valence-corrected chi connectivity index (χ3v) is 3.82. The summed E-state index contributed by atoms with van der Waals surface area (Å²) in [5, 5.41) is 2.92. The molecule has 0 aromatic heterocycles. The van der Waals surface area contributed by atoms with E-state index in [2.05, 4.69) is 34.5 Å². The Hall–Kier alpha value is -1.55. The molecule has 0 spiro atoms. The van der Waals surface area contributed by atoms with Crippen LogP contribution in [0, 0.1) is 0 Å². The summed E-state index contributed by atoms with van der Waals surface area (Å²) in [5.41, 5.74) is 8.55. The number of fused-ring (bicyclic) bond motifs is 1. The first kappa shape index (κ1) is 14.9. The van der Waals surface area contributed by atoms with Gasteiger partial charge in [0.25, 0.3) is 0 Å². The Kier molecular flexibility index (Phi) is 5.41. The molecule has 4 heteroatoms. The van der Waals surface area contributed by atoms with Crippen molar-refractivity contribution >= 4 is 11.6 Å². The molecule has 3 N–H and O–H groups in total. The van der Waals surface area contributed by atoms with E-state index in [1.165, 1.54) is 11.3 Å². The van der Waals surface area contributed by atoms with Crippen LogP contribution in [0.15, 0.2) is 24.3 Å². The summed E-state index contributed by atoms with van der Waals surface area (Å²) in [4.78, 5) is 14.1. The van der Waals surface area contributed by atoms with Crippen molar-refractivity contribution in [3.63, 3.8) is 0 Å². The van der Waals surface area contributed by atoms with Gasteiger partial charge < -0.3 is 16.0 Å². The van der Waals surface area contributed by atoms with E-state index < -0.39 is 0 Å². The number of carbonyl (C=O) groups is 1. The Bertz CT molecular complexity index is 447. The fourth-order valence-electron chi connectivity index (χ4n) is 2.69. The van der Waals surface area contributed by atoms with Crippen LogP contribution in [0.4, 0.5) is 5.69 Å². The molecule has 0 unspecified atom stereocenters. The lowest BCUT2D eigenvalue weighted by Crippen LogP contribution is -2.41. The Morgan fingerprint density at radius 1 is 1.45 bits per heavy atom. The van der Waals surface area contributed by atoms with Crippen LogP contribution in [0.5, 0.6) is 0 Å². The summed E-state index contributed by atoms with van der Waals surface area (Å²) in [7, 11) is 0. The first-order valence-electron chi connectivity index (χ1n) is 7.58. The Labute approximate surface area is 121 Å². The number of para-hydroxylation sites is 1. The van der Waals surface area contributed by atoms with Gasteiger partial charge in [-0.25, -0.2) is 0 Å². The Balaban J connectivity index is 1.69. The lowest BCUT2D eigenvalue weighted by atomic mass is 10.1. The van der Waals surface area contributed by atoms with E-state index in [4.69, 9.17) is 5.73 Å². The summed E-state index contributed by atoms with van der Waals surface area (Å²) < 4.78 is 0. The molecule has 0 radical (unpaired) electrons. The van der Waals surface area contributed by atoms with Crippen LogP contribution < -0.4 is 16.0 Å². The van der Waals surface area contributed by atoms with Crippen molar-refractivity contribution in [3.8, 4) is 0 Å². The maximum atomic E-state index is 11.7. The van der Waals surface area contributed by atoms with Gasteiger partial charge in [-0.05, 0) is 30.9 Å². The molecule has 4 nitrogen and oxygen atoms in total. The molecule has 0 bridgehead atoms. The number of carbonyl (C=O) groups excluding carboxylic acids is 1. The van der Waals surface area contributed by atoms with E-state index in [0.29, 0.717) is 6.54 Å². The number of amides is 1. The van der Waals surface area contributed by atoms with Gasteiger partial charge in [0, 0.05) is 25.3 Å². The highest BCUT2D eigenvalue weighted by atomic mass is 16.2. The van der Waals surface area contributed by atoms with Gasteiger partial charge in [-0.3, -0.25) is 4.79 Å². The van der Waals surface area contributed by atoms with Gasteiger partial charge in [0.2, 0.25) is 5.91 Å². The summed E-state index contributed by atoms with van der Waals surface area (Å²) >= 11 is 0. The molecule has 110 valence electrons. The topological polar surface area (TPSA) is 58.4 Å². The van der Waals surface area contributed by atoms with Crippen molar-refractivity contribution < 1.29 is 4.79 Å². The average Bonchev–Trinajstić information content (AvgIpc) is 2.87. The van der Waals surface area contributed by atoms with Crippen molar-refractivity contribution in [1.29, 1.82) is 0 Å². The van der Waals surface area contributed by atoms with Crippen molar-refractivity contribution in [2.45, 2.75) is 38.6 Å². The maximum Gasteiger partial charge on any atom is 0.236 e. The number of nitrogens with two attached hydrogens (primary N) is 1. The molecule has 1 aliphatic heterocycles. The van der Waals surface area contributed by atoms with E-state index in [-0.39, 0.29) is 11.9 Å². The van der Waals surface area contributed by atoms with Gasteiger partial charge in [-0.1, -0.05) is 31.5 Å². The smallest absolute Gasteiger partial charge is 0.236 e. The number of nitrogens with one attached hydrogen (secondary N) is 1. The number of hydrogen-bond donors (Lipinski definition) is 2. The van der Waals surface area contributed by atoms with Crippen molar-refractivity contribution in [2.24, 2.45) is 5.73 Å². The van der Waals surface area contributed by atoms with Crippen LogP contribution in [0.1, 0.15) is 31.7 Å². The van der Waals surface area contributed by atoms with Crippen molar-refractivity contribution in [1.82, 2.24) is 5.32 Å². The zero-order chi connectivity index (χ0) is 14.4. The van der Waals surface area contributed by atoms with Gasteiger partial charge >= 0.3 is 0 Å². The lowest BCUT2D eigenvalue weighted by molar-refractivity contribution is -0.122. The van der Waals surface area contributed by atoms with Crippen LogP contribution in [-0.4, -0.2) is 31.6 Å². The SMILES string of the molecule is CCC[C@@H](N)C(=O)NCCCN1CCc2ccccc21. The van der Waals surface area contributed by atoms with E-state index in [1.807, 2.05) is 6.92 Å². The van der Waals surface area contributed by atoms with Crippen molar-refractivity contribution in [3.05, 3.63) is 29.8 Å². The largest absolute Gasteiger partial charge is 0.371 e. The predicted molar refractivity (Wildman–Crippen MR) is 82.9 cm³/mol. The van der Waals surface area contributed by atoms with E-state index in [9.17, 15) is 4.79 Å². The third-order valence-electron chi connectivity index (χ3n) is 3.82. The van der Waals surface area contributed by atoms with Crippen LogP contribution in [0.3, 0.4) is 0 Å². The summed E-state index contributed by atoms with van der Waals surface area (Å²) in [5.74, 6) is -0.0197. The number of benzene rings is 1. The standard InChI is InChI=1S/C16H25N3O/c1-2-6-14(17)16(20)18-10-5-11-19-12-9-13-7-3-4-8-15(13)19/h3-4,7-8,14H,2,5-6,9-12,17H2,1H3,(H,18,20)/t14-/m1/s1. The number of nitrogens with zero attached hydrogens (tertiary/aromatic N) is 1. The fourth-order valence-corrected chi connectivity index (χ4v) is 2.69. The van der Waals surface area contributed by atoms with E-state index in [0.717, 1.165) is 38.8 Å².